The van der Waals surface area contributed by atoms with Crippen molar-refractivity contribution in [3.05, 3.63) is 36.0 Å². The summed E-state index contributed by atoms with van der Waals surface area (Å²) in [4.78, 5) is 3.05. The van der Waals surface area contributed by atoms with Gasteiger partial charge in [0.1, 0.15) is 34.9 Å². The van der Waals surface area contributed by atoms with Gasteiger partial charge in [-0.25, -0.2) is 4.28 Å². The Hall–Kier alpha value is -1.71. The molecule has 0 amide bonds. The van der Waals surface area contributed by atoms with Crippen molar-refractivity contribution in [2.75, 3.05) is 6.61 Å². The van der Waals surface area contributed by atoms with E-state index in [4.69, 9.17) is 9.29 Å². The molecule has 0 spiro atoms. The van der Waals surface area contributed by atoms with E-state index in [9.17, 15) is 28.8 Å². The molecule has 11 nitrogen and oxygen atoms in total. The fourth-order valence-corrected chi connectivity index (χ4v) is 4.24. The van der Waals surface area contributed by atoms with E-state index in [1.54, 1.807) is 6.20 Å². The highest BCUT2D eigenvalue weighted by molar-refractivity contribution is 8.14. The number of H-pyrrole nitrogens is 1. The van der Waals surface area contributed by atoms with Crippen molar-refractivity contribution in [3.8, 4) is 0 Å². The number of aromatic amines is 1. The summed E-state index contributed by atoms with van der Waals surface area (Å²) in [5.74, 6) is 0. The summed E-state index contributed by atoms with van der Waals surface area (Å²) in [6, 6.07) is 7.33. The molecule has 2 aromatic rings. The van der Waals surface area contributed by atoms with Gasteiger partial charge >= 0.3 is 10.4 Å². The molecule has 3 rings (SSSR count). The Labute approximate surface area is 169 Å². The summed E-state index contributed by atoms with van der Waals surface area (Å²) >= 11 is 0.727. The van der Waals surface area contributed by atoms with Crippen LogP contribution in [-0.2, 0) is 25.8 Å². The first kappa shape index (κ1) is 22.0. The fraction of sp³-hybridized carbons (Fsp3) is 0.438. The highest BCUT2D eigenvalue weighted by Gasteiger charge is 2.44. The highest BCUT2D eigenvalue weighted by Crippen LogP contribution is 2.31. The molecule has 0 aliphatic carbocycles. The zero-order valence-electron chi connectivity index (χ0n) is 14.8. The molecule has 1 aliphatic rings. The van der Waals surface area contributed by atoms with Gasteiger partial charge in [-0.2, -0.15) is 8.42 Å². The van der Waals surface area contributed by atoms with Gasteiger partial charge in [0.05, 0.1) is 6.61 Å². The van der Waals surface area contributed by atoms with E-state index in [0.717, 1.165) is 28.2 Å². The number of benzene rings is 1. The molecule has 1 aliphatic heterocycles. The van der Waals surface area contributed by atoms with E-state index in [2.05, 4.69) is 14.4 Å². The number of oxime groups is 1. The highest BCUT2D eigenvalue weighted by atomic mass is 32.3. The van der Waals surface area contributed by atoms with Crippen molar-refractivity contribution in [2.45, 2.75) is 36.3 Å². The number of hydrogen-bond donors (Lipinski definition) is 6. The van der Waals surface area contributed by atoms with Crippen LogP contribution in [0.4, 0.5) is 0 Å². The third-order valence-electron chi connectivity index (χ3n) is 4.35. The van der Waals surface area contributed by atoms with Gasteiger partial charge in [-0.15, -0.1) is 0 Å². The fourth-order valence-electron chi connectivity index (χ4n) is 2.92. The van der Waals surface area contributed by atoms with Gasteiger partial charge in [0.2, 0.25) is 0 Å². The van der Waals surface area contributed by atoms with Crippen molar-refractivity contribution in [1.82, 2.24) is 4.98 Å². The summed E-state index contributed by atoms with van der Waals surface area (Å²) in [5.41, 5.74) is 0.352. The second-order valence-electron chi connectivity index (χ2n) is 6.34. The zero-order chi connectivity index (χ0) is 21.2. The number of thioether (sulfide) groups is 1. The molecule has 1 fully saturated rings. The first-order valence-corrected chi connectivity index (χ1v) is 10.7. The van der Waals surface area contributed by atoms with Crippen LogP contribution < -0.4 is 0 Å². The van der Waals surface area contributed by atoms with Crippen LogP contribution >= 0.6 is 11.8 Å². The van der Waals surface area contributed by atoms with E-state index >= 15 is 0 Å². The predicted molar refractivity (Wildman–Crippen MR) is 103 cm³/mol. The molecule has 5 atom stereocenters. The summed E-state index contributed by atoms with van der Waals surface area (Å²) < 4.78 is 40.2. The van der Waals surface area contributed by atoms with E-state index in [-0.39, 0.29) is 11.5 Å². The van der Waals surface area contributed by atoms with Crippen LogP contribution in [0, 0.1) is 0 Å². The Morgan fingerprint density at radius 1 is 1.21 bits per heavy atom. The molecule has 1 aromatic heterocycles. The standard InChI is InChI=1S/C16H20N2O9S2/c19-7-11-13(20)14(21)15(22)16(26-11)28-12(18-27-29(23,24)25)5-8-6-17-10-4-2-1-3-9(8)10/h1-4,6,11,13-17,19-22H,5,7H2,(H,23,24,25)/t11-,13-,14+,15-,16+/m1/s1. The number of para-hydroxylation sites is 1. The molecule has 0 bridgehead atoms. The molecule has 0 saturated carbocycles. The Kier molecular flexibility index (Phi) is 6.80. The third kappa shape index (κ3) is 5.26. The number of aromatic nitrogens is 1. The Morgan fingerprint density at radius 3 is 2.62 bits per heavy atom. The van der Waals surface area contributed by atoms with Gasteiger partial charge in [-0.3, -0.25) is 4.55 Å². The lowest BCUT2D eigenvalue weighted by Crippen LogP contribution is -2.57. The minimum atomic E-state index is -4.87. The van der Waals surface area contributed by atoms with Crippen LogP contribution in [0.25, 0.3) is 10.9 Å². The lowest BCUT2D eigenvalue weighted by atomic mass is 10.0. The topological polar surface area (TPSA) is 182 Å². The molecular weight excluding hydrogens is 428 g/mol. The summed E-state index contributed by atoms with van der Waals surface area (Å²) in [6.07, 6.45) is -4.11. The molecule has 160 valence electrons. The van der Waals surface area contributed by atoms with Crippen LogP contribution in [0.15, 0.2) is 35.6 Å². The number of hydrogen-bond acceptors (Lipinski definition) is 10. The van der Waals surface area contributed by atoms with Crippen LogP contribution in [0.3, 0.4) is 0 Å². The van der Waals surface area contributed by atoms with E-state index in [1.165, 1.54) is 0 Å². The number of nitrogens with one attached hydrogen (secondary N) is 1. The van der Waals surface area contributed by atoms with Gasteiger partial charge in [-0.05, 0) is 11.6 Å². The Balaban J connectivity index is 1.85. The Morgan fingerprint density at radius 2 is 1.93 bits per heavy atom. The number of rotatable bonds is 6. The SMILES string of the molecule is O=S(=O)(O)ON=C(Cc1c[nH]c2ccccc12)S[C@@H]1O[C@H](CO)[C@@H](O)[C@H](O)[C@H]1O. The molecule has 2 heterocycles. The molecule has 0 radical (unpaired) electrons. The minimum absolute atomic E-state index is 0.00305. The third-order valence-corrected chi connectivity index (χ3v) is 5.73. The summed E-state index contributed by atoms with van der Waals surface area (Å²) in [6.45, 7) is -0.613. The number of ether oxygens (including phenoxy) is 1. The van der Waals surface area contributed by atoms with Crippen LogP contribution in [0.1, 0.15) is 5.56 Å². The molecule has 1 saturated heterocycles. The lowest BCUT2D eigenvalue weighted by Gasteiger charge is -2.39. The molecular formula is C16H20N2O9S2. The van der Waals surface area contributed by atoms with Crippen molar-refractivity contribution in [2.24, 2.45) is 5.16 Å². The smallest absolute Gasteiger partial charge is 0.394 e. The molecule has 1 aromatic carbocycles. The van der Waals surface area contributed by atoms with Crippen molar-refractivity contribution in [1.29, 1.82) is 0 Å². The second-order valence-corrected chi connectivity index (χ2v) is 8.51. The van der Waals surface area contributed by atoms with E-state index in [0.29, 0.717) is 0 Å². The number of aliphatic hydroxyl groups excluding tert-OH is 4. The van der Waals surface area contributed by atoms with Gasteiger partial charge < -0.3 is 30.1 Å². The number of aliphatic hydroxyl groups is 4. The molecule has 6 N–H and O–H groups in total. The van der Waals surface area contributed by atoms with E-state index in [1.807, 2.05) is 24.3 Å². The monoisotopic (exact) mass is 448 g/mol. The van der Waals surface area contributed by atoms with Crippen molar-refractivity contribution < 1.29 is 42.4 Å². The summed E-state index contributed by atoms with van der Waals surface area (Å²) in [7, 11) is -4.87. The quantitative estimate of drug-likeness (QED) is 0.144. The van der Waals surface area contributed by atoms with Crippen LogP contribution in [0.2, 0.25) is 0 Å². The minimum Gasteiger partial charge on any atom is -0.394 e. The van der Waals surface area contributed by atoms with Gasteiger partial charge in [0.25, 0.3) is 0 Å². The zero-order valence-corrected chi connectivity index (χ0v) is 16.5. The normalized spacial score (nSPS) is 28.6. The predicted octanol–water partition coefficient (Wildman–Crippen LogP) is -0.624. The molecule has 0 unspecified atom stereocenters. The number of fused-ring (bicyclic) bond motifs is 1. The van der Waals surface area contributed by atoms with Crippen LogP contribution in [-0.4, -0.2) is 79.9 Å². The lowest BCUT2D eigenvalue weighted by molar-refractivity contribution is -0.205. The van der Waals surface area contributed by atoms with Crippen molar-refractivity contribution >= 4 is 38.1 Å². The first-order chi connectivity index (χ1) is 13.7. The first-order valence-electron chi connectivity index (χ1n) is 8.44. The van der Waals surface area contributed by atoms with Gasteiger partial charge in [0.15, 0.2) is 0 Å². The van der Waals surface area contributed by atoms with Gasteiger partial charge in [0, 0.05) is 23.5 Å². The van der Waals surface area contributed by atoms with E-state index < -0.39 is 46.9 Å². The Bertz CT molecular complexity index is 976. The number of nitrogens with zero attached hydrogens (tertiary/aromatic N) is 1. The maximum atomic E-state index is 10.9. The van der Waals surface area contributed by atoms with Crippen molar-refractivity contribution in [3.63, 3.8) is 0 Å². The maximum absolute atomic E-state index is 10.9. The summed E-state index contributed by atoms with van der Waals surface area (Å²) in [5, 5.41) is 43.5. The molecule has 29 heavy (non-hydrogen) atoms. The largest absolute Gasteiger partial charge is 0.466 e. The van der Waals surface area contributed by atoms with Gasteiger partial charge in [-0.1, -0.05) is 35.1 Å². The second kappa shape index (κ2) is 8.97. The molecule has 13 heteroatoms. The maximum Gasteiger partial charge on any atom is 0.466 e. The average Bonchev–Trinajstić information content (AvgIpc) is 3.08. The average molecular weight is 448 g/mol. The van der Waals surface area contributed by atoms with Crippen LogP contribution in [0.5, 0.6) is 0 Å².